The third kappa shape index (κ3) is 4.09. The van der Waals surface area contributed by atoms with E-state index in [1.165, 1.54) is 6.42 Å². The van der Waals surface area contributed by atoms with Crippen LogP contribution < -0.4 is 5.73 Å². The van der Waals surface area contributed by atoms with Crippen molar-refractivity contribution in [2.75, 3.05) is 26.7 Å². The van der Waals surface area contributed by atoms with Crippen molar-refractivity contribution >= 4 is 0 Å². The lowest BCUT2D eigenvalue weighted by molar-refractivity contribution is 0.0253. The molecule has 1 saturated heterocycles. The van der Waals surface area contributed by atoms with Gasteiger partial charge in [-0.3, -0.25) is 4.90 Å². The van der Waals surface area contributed by atoms with Gasteiger partial charge in [0, 0.05) is 32.8 Å². The van der Waals surface area contributed by atoms with Crippen molar-refractivity contribution in [2.45, 2.75) is 45.3 Å². The Morgan fingerprint density at radius 3 is 2.33 bits per heavy atom. The first kappa shape index (κ1) is 12.9. The van der Waals surface area contributed by atoms with Gasteiger partial charge >= 0.3 is 0 Å². The molecule has 90 valence electrons. The lowest BCUT2D eigenvalue weighted by atomic mass is 9.99. The Balaban J connectivity index is 2.35. The molecule has 1 rings (SSSR count). The summed E-state index contributed by atoms with van der Waals surface area (Å²) in [6.07, 6.45) is 4.00. The minimum Gasteiger partial charge on any atom is -0.381 e. The summed E-state index contributed by atoms with van der Waals surface area (Å²) in [7, 11) is 1.81. The number of rotatable bonds is 5. The Morgan fingerprint density at radius 1 is 1.33 bits per heavy atom. The summed E-state index contributed by atoms with van der Waals surface area (Å²) in [4.78, 5) is 2.54. The third-order valence-corrected chi connectivity index (χ3v) is 3.34. The van der Waals surface area contributed by atoms with Crippen LogP contribution >= 0.6 is 0 Å². The van der Waals surface area contributed by atoms with Gasteiger partial charge in [-0.05, 0) is 25.2 Å². The highest BCUT2D eigenvalue weighted by Gasteiger charge is 2.24. The van der Waals surface area contributed by atoms with Crippen LogP contribution in [0.1, 0.15) is 33.1 Å². The largest absolute Gasteiger partial charge is 0.381 e. The predicted octanol–water partition coefficient (Wildman–Crippen LogP) is 1.47. The van der Waals surface area contributed by atoms with Gasteiger partial charge in [0.25, 0.3) is 0 Å². The molecule has 0 aliphatic carbocycles. The summed E-state index contributed by atoms with van der Waals surface area (Å²) in [6.45, 7) is 7.62. The quantitative estimate of drug-likeness (QED) is 0.753. The van der Waals surface area contributed by atoms with E-state index in [1.54, 1.807) is 0 Å². The van der Waals surface area contributed by atoms with Crippen LogP contribution in [0, 0.1) is 5.92 Å². The van der Waals surface area contributed by atoms with Gasteiger partial charge in [-0.15, -0.1) is 0 Å². The van der Waals surface area contributed by atoms with E-state index < -0.39 is 0 Å². The normalized spacial score (nSPS) is 22.2. The molecule has 1 atom stereocenters. The van der Waals surface area contributed by atoms with Gasteiger partial charge in [0.1, 0.15) is 0 Å². The maximum atomic E-state index is 5.85. The highest BCUT2D eigenvalue weighted by molar-refractivity contribution is 4.80. The van der Waals surface area contributed by atoms with E-state index in [2.05, 4.69) is 18.7 Å². The highest BCUT2D eigenvalue weighted by atomic mass is 16.5. The van der Waals surface area contributed by atoms with Crippen molar-refractivity contribution in [1.82, 2.24) is 4.90 Å². The van der Waals surface area contributed by atoms with Crippen molar-refractivity contribution in [2.24, 2.45) is 11.7 Å². The molecule has 0 amide bonds. The summed E-state index contributed by atoms with van der Waals surface area (Å²) >= 11 is 0. The van der Waals surface area contributed by atoms with Crippen LogP contribution in [-0.4, -0.2) is 43.8 Å². The SMILES string of the molecule is COC1CCN(C(CN)CC(C)C)CC1. The first-order chi connectivity index (χ1) is 7.17. The van der Waals surface area contributed by atoms with Crippen molar-refractivity contribution in [3.8, 4) is 0 Å². The summed E-state index contributed by atoms with van der Waals surface area (Å²) in [5.41, 5.74) is 5.85. The first-order valence-corrected chi connectivity index (χ1v) is 6.14. The van der Waals surface area contributed by atoms with Crippen LogP contribution in [0.15, 0.2) is 0 Å². The molecule has 0 aromatic carbocycles. The third-order valence-electron chi connectivity index (χ3n) is 3.34. The smallest absolute Gasteiger partial charge is 0.0595 e. The van der Waals surface area contributed by atoms with Gasteiger partial charge in [0.05, 0.1) is 6.10 Å². The lowest BCUT2D eigenvalue weighted by Gasteiger charge is -2.37. The second-order valence-electron chi connectivity index (χ2n) is 4.99. The molecule has 15 heavy (non-hydrogen) atoms. The highest BCUT2D eigenvalue weighted by Crippen LogP contribution is 2.18. The summed E-state index contributed by atoms with van der Waals surface area (Å²) in [5.74, 6) is 0.735. The minimum atomic E-state index is 0.471. The molecule has 1 heterocycles. The molecule has 0 bridgehead atoms. The maximum absolute atomic E-state index is 5.85. The van der Waals surface area contributed by atoms with E-state index in [9.17, 15) is 0 Å². The summed E-state index contributed by atoms with van der Waals surface area (Å²) in [6, 6.07) is 0.572. The van der Waals surface area contributed by atoms with Crippen molar-refractivity contribution in [3.05, 3.63) is 0 Å². The predicted molar refractivity (Wildman–Crippen MR) is 63.9 cm³/mol. The fourth-order valence-corrected chi connectivity index (χ4v) is 2.42. The van der Waals surface area contributed by atoms with Crippen LogP contribution in [0.4, 0.5) is 0 Å². The van der Waals surface area contributed by atoms with Gasteiger partial charge in [-0.1, -0.05) is 13.8 Å². The zero-order valence-corrected chi connectivity index (χ0v) is 10.4. The van der Waals surface area contributed by atoms with Gasteiger partial charge in [0.15, 0.2) is 0 Å². The molecular weight excluding hydrogens is 188 g/mol. The molecular formula is C12H26N2O. The number of hydrogen-bond donors (Lipinski definition) is 1. The standard InChI is InChI=1S/C12H26N2O/c1-10(2)8-11(9-13)14-6-4-12(15-3)5-7-14/h10-12H,4-9,13H2,1-3H3. The van der Waals surface area contributed by atoms with Crippen LogP contribution in [-0.2, 0) is 4.74 Å². The minimum absolute atomic E-state index is 0.471. The molecule has 1 fully saturated rings. The molecule has 0 spiro atoms. The van der Waals surface area contributed by atoms with Crippen LogP contribution in [0.5, 0.6) is 0 Å². The van der Waals surface area contributed by atoms with E-state index in [1.807, 2.05) is 7.11 Å². The Kier molecular flexibility index (Phi) is 5.58. The maximum Gasteiger partial charge on any atom is 0.0595 e. The summed E-state index contributed by atoms with van der Waals surface area (Å²) in [5, 5.41) is 0. The zero-order valence-electron chi connectivity index (χ0n) is 10.4. The first-order valence-electron chi connectivity index (χ1n) is 6.14. The van der Waals surface area contributed by atoms with Gasteiger partial charge in [-0.25, -0.2) is 0 Å². The average Bonchev–Trinajstić information content (AvgIpc) is 2.26. The monoisotopic (exact) mass is 214 g/mol. The zero-order chi connectivity index (χ0) is 11.3. The number of methoxy groups -OCH3 is 1. The summed E-state index contributed by atoms with van der Waals surface area (Å²) < 4.78 is 5.38. The van der Waals surface area contributed by atoms with Gasteiger partial charge in [0.2, 0.25) is 0 Å². The molecule has 1 aliphatic rings. The Labute approximate surface area is 94.0 Å². The van der Waals surface area contributed by atoms with Crippen LogP contribution in [0.2, 0.25) is 0 Å². The van der Waals surface area contributed by atoms with E-state index in [4.69, 9.17) is 10.5 Å². The number of likely N-dealkylation sites (tertiary alicyclic amines) is 1. The number of nitrogens with two attached hydrogens (primary N) is 1. The fourth-order valence-electron chi connectivity index (χ4n) is 2.42. The number of hydrogen-bond acceptors (Lipinski definition) is 3. The topological polar surface area (TPSA) is 38.5 Å². The molecule has 0 saturated carbocycles. The fraction of sp³-hybridized carbons (Fsp3) is 1.00. The van der Waals surface area contributed by atoms with E-state index in [0.717, 1.165) is 38.4 Å². The second-order valence-corrected chi connectivity index (χ2v) is 4.99. The van der Waals surface area contributed by atoms with E-state index >= 15 is 0 Å². The Bertz CT molecular complexity index is 165. The van der Waals surface area contributed by atoms with Crippen molar-refractivity contribution in [3.63, 3.8) is 0 Å². The molecule has 3 heteroatoms. The number of piperidine rings is 1. The number of ether oxygens (including phenoxy) is 1. The molecule has 0 aromatic heterocycles. The Hall–Kier alpha value is -0.120. The molecule has 2 N–H and O–H groups in total. The van der Waals surface area contributed by atoms with Gasteiger partial charge < -0.3 is 10.5 Å². The second kappa shape index (κ2) is 6.46. The van der Waals surface area contributed by atoms with E-state index in [0.29, 0.717) is 12.1 Å². The van der Waals surface area contributed by atoms with Crippen LogP contribution in [0.3, 0.4) is 0 Å². The van der Waals surface area contributed by atoms with Gasteiger partial charge in [-0.2, -0.15) is 0 Å². The van der Waals surface area contributed by atoms with Crippen molar-refractivity contribution in [1.29, 1.82) is 0 Å². The van der Waals surface area contributed by atoms with E-state index in [-0.39, 0.29) is 0 Å². The average molecular weight is 214 g/mol. The molecule has 3 nitrogen and oxygen atoms in total. The molecule has 0 radical (unpaired) electrons. The molecule has 0 aromatic rings. The van der Waals surface area contributed by atoms with Crippen molar-refractivity contribution < 1.29 is 4.74 Å². The molecule has 1 unspecified atom stereocenters. The van der Waals surface area contributed by atoms with Crippen LogP contribution in [0.25, 0.3) is 0 Å². The molecule has 1 aliphatic heterocycles. The Morgan fingerprint density at radius 2 is 1.93 bits per heavy atom. The lowest BCUT2D eigenvalue weighted by Crippen LogP contribution is -2.47. The number of nitrogens with zero attached hydrogens (tertiary/aromatic N) is 1.